The summed E-state index contributed by atoms with van der Waals surface area (Å²) in [6.45, 7) is 3.86. The normalized spacial score (nSPS) is 13.8. The largest absolute Gasteiger partial charge is 0.480 e. The zero-order valence-corrected chi connectivity index (χ0v) is 13.1. The highest BCUT2D eigenvalue weighted by molar-refractivity contribution is 5.80. The lowest BCUT2D eigenvalue weighted by Gasteiger charge is -2.29. The molecule has 1 N–H and O–H groups in total. The lowest BCUT2D eigenvalue weighted by molar-refractivity contribution is -0.144. The molecule has 0 saturated carbocycles. The Kier molecular flexibility index (Phi) is 6.37. The van der Waals surface area contributed by atoms with Crippen LogP contribution in [0.3, 0.4) is 0 Å². The van der Waals surface area contributed by atoms with Gasteiger partial charge in [-0.3, -0.25) is 14.5 Å². The number of benzene rings is 1. The van der Waals surface area contributed by atoms with Crippen LogP contribution in [0.15, 0.2) is 30.3 Å². The van der Waals surface area contributed by atoms with Crippen LogP contribution < -0.4 is 0 Å². The van der Waals surface area contributed by atoms with Crippen molar-refractivity contribution in [2.45, 2.75) is 32.4 Å². The zero-order valence-electron chi connectivity index (χ0n) is 13.1. The Morgan fingerprint density at radius 1 is 1.19 bits per heavy atom. The third-order valence-electron chi connectivity index (χ3n) is 3.84. The molecule has 0 spiro atoms. The van der Waals surface area contributed by atoms with E-state index in [2.05, 4.69) is 0 Å². The number of carbonyl (C=O) groups excluding carboxylic acids is 1. The van der Waals surface area contributed by atoms with Crippen LogP contribution in [0.1, 0.15) is 31.9 Å². The molecule has 0 aliphatic heterocycles. The van der Waals surface area contributed by atoms with Crippen LogP contribution in [-0.4, -0.2) is 53.5 Å². The molecule has 5 nitrogen and oxygen atoms in total. The van der Waals surface area contributed by atoms with Gasteiger partial charge in [-0.25, -0.2) is 0 Å². The van der Waals surface area contributed by atoms with Crippen molar-refractivity contribution in [3.05, 3.63) is 35.9 Å². The maximum Gasteiger partial charge on any atom is 0.320 e. The van der Waals surface area contributed by atoms with Crippen molar-refractivity contribution in [1.82, 2.24) is 9.80 Å². The van der Waals surface area contributed by atoms with Gasteiger partial charge in [-0.05, 0) is 26.0 Å². The molecule has 2 unspecified atom stereocenters. The third kappa shape index (κ3) is 4.56. The van der Waals surface area contributed by atoms with Gasteiger partial charge in [0.05, 0.1) is 12.6 Å². The lowest BCUT2D eigenvalue weighted by Crippen LogP contribution is -2.45. The van der Waals surface area contributed by atoms with E-state index in [1.54, 1.807) is 30.8 Å². The maximum atomic E-state index is 12.3. The average Bonchev–Trinajstić information content (AvgIpc) is 2.46. The Hall–Kier alpha value is -1.88. The molecule has 0 radical (unpaired) electrons. The standard InChI is InChI=1S/C16H24N2O3/c1-5-14(16(20)21)17(3)11-15(19)18(4)12(2)13-9-7-6-8-10-13/h6-10,12,14H,5,11H2,1-4H3,(H,20,21). The molecular weight excluding hydrogens is 268 g/mol. The fourth-order valence-corrected chi connectivity index (χ4v) is 2.28. The number of nitrogens with zero attached hydrogens (tertiary/aromatic N) is 2. The molecule has 0 fully saturated rings. The van der Waals surface area contributed by atoms with Crippen LogP contribution >= 0.6 is 0 Å². The van der Waals surface area contributed by atoms with Crippen molar-refractivity contribution in [1.29, 1.82) is 0 Å². The molecule has 0 aliphatic rings. The van der Waals surface area contributed by atoms with Gasteiger partial charge < -0.3 is 10.0 Å². The van der Waals surface area contributed by atoms with E-state index in [4.69, 9.17) is 5.11 Å². The summed E-state index contributed by atoms with van der Waals surface area (Å²) < 4.78 is 0. The Labute approximate surface area is 126 Å². The Morgan fingerprint density at radius 3 is 2.24 bits per heavy atom. The van der Waals surface area contributed by atoms with Gasteiger partial charge in [0.15, 0.2) is 0 Å². The number of hydrogen-bond donors (Lipinski definition) is 1. The summed E-state index contributed by atoms with van der Waals surface area (Å²) in [5.41, 5.74) is 1.06. The molecule has 1 rings (SSSR count). The predicted molar refractivity (Wildman–Crippen MR) is 82.0 cm³/mol. The van der Waals surface area contributed by atoms with Crippen LogP contribution in [0, 0.1) is 0 Å². The molecule has 1 aromatic rings. The van der Waals surface area contributed by atoms with Crippen molar-refractivity contribution in [3.63, 3.8) is 0 Å². The molecule has 1 amide bonds. The van der Waals surface area contributed by atoms with Gasteiger partial charge in [0.25, 0.3) is 0 Å². The minimum absolute atomic E-state index is 0.0444. The molecule has 116 valence electrons. The second-order valence-electron chi connectivity index (χ2n) is 5.27. The van der Waals surface area contributed by atoms with Gasteiger partial charge in [0.2, 0.25) is 5.91 Å². The molecule has 5 heteroatoms. The first-order valence-electron chi connectivity index (χ1n) is 7.12. The second-order valence-corrected chi connectivity index (χ2v) is 5.27. The topological polar surface area (TPSA) is 60.9 Å². The fraction of sp³-hybridized carbons (Fsp3) is 0.500. The Bertz CT molecular complexity index is 476. The Balaban J connectivity index is 2.68. The van der Waals surface area contributed by atoms with Crippen LogP contribution in [0.25, 0.3) is 0 Å². The van der Waals surface area contributed by atoms with Crippen LogP contribution in [0.4, 0.5) is 0 Å². The fourth-order valence-electron chi connectivity index (χ4n) is 2.28. The molecule has 0 aliphatic carbocycles. The number of likely N-dealkylation sites (N-methyl/N-ethyl adjacent to an activating group) is 2. The first-order chi connectivity index (χ1) is 9.88. The van der Waals surface area contributed by atoms with Gasteiger partial charge in [-0.2, -0.15) is 0 Å². The van der Waals surface area contributed by atoms with E-state index in [0.29, 0.717) is 6.42 Å². The van der Waals surface area contributed by atoms with Crippen LogP contribution in [0.5, 0.6) is 0 Å². The molecule has 0 bridgehead atoms. The summed E-state index contributed by atoms with van der Waals surface area (Å²) in [5, 5.41) is 9.12. The van der Waals surface area contributed by atoms with Crippen molar-refractivity contribution in [3.8, 4) is 0 Å². The maximum absolute atomic E-state index is 12.3. The van der Waals surface area contributed by atoms with Crippen LogP contribution in [-0.2, 0) is 9.59 Å². The zero-order chi connectivity index (χ0) is 16.0. The van der Waals surface area contributed by atoms with E-state index < -0.39 is 12.0 Å². The summed E-state index contributed by atoms with van der Waals surface area (Å²) >= 11 is 0. The highest BCUT2D eigenvalue weighted by Crippen LogP contribution is 2.18. The number of amides is 1. The van der Waals surface area contributed by atoms with Crippen molar-refractivity contribution < 1.29 is 14.7 Å². The van der Waals surface area contributed by atoms with Gasteiger partial charge in [0.1, 0.15) is 6.04 Å². The number of carboxylic acid groups (broad SMARTS) is 1. The first kappa shape index (κ1) is 17.2. The van der Waals surface area contributed by atoms with E-state index in [1.165, 1.54) is 0 Å². The van der Waals surface area contributed by atoms with E-state index in [-0.39, 0.29) is 18.5 Å². The highest BCUT2D eigenvalue weighted by atomic mass is 16.4. The van der Waals surface area contributed by atoms with E-state index in [1.807, 2.05) is 37.3 Å². The first-order valence-corrected chi connectivity index (χ1v) is 7.12. The smallest absolute Gasteiger partial charge is 0.320 e. The quantitative estimate of drug-likeness (QED) is 0.835. The average molecular weight is 292 g/mol. The molecule has 2 atom stereocenters. The third-order valence-corrected chi connectivity index (χ3v) is 3.84. The minimum atomic E-state index is -0.897. The van der Waals surface area contributed by atoms with Gasteiger partial charge in [0, 0.05) is 7.05 Å². The van der Waals surface area contributed by atoms with Crippen LogP contribution in [0.2, 0.25) is 0 Å². The monoisotopic (exact) mass is 292 g/mol. The highest BCUT2D eigenvalue weighted by Gasteiger charge is 2.25. The summed E-state index contributed by atoms with van der Waals surface area (Å²) in [4.78, 5) is 26.7. The van der Waals surface area contributed by atoms with Gasteiger partial charge in [-0.1, -0.05) is 37.3 Å². The van der Waals surface area contributed by atoms with E-state index in [0.717, 1.165) is 5.56 Å². The SMILES string of the molecule is CCC(C(=O)O)N(C)CC(=O)N(C)C(C)c1ccccc1. The molecule has 0 saturated heterocycles. The second kappa shape index (κ2) is 7.78. The molecule has 0 heterocycles. The van der Waals surface area contributed by atoms with Crippen molar-refractivity contribution in [2.75, 3.05) is 20.6 Å². The Morgan fingerprint density at radius 2 is 1.76 bits per heavy atom. The predicted octanol–water partition coefficient (Wildman–Crippen LogP) is 2.00. The minimum Gasteiger partial charge on any atom is -0.480 e. The molecule has 0 aromatic heterocycles. The summed E-state index contributed by atoms with van der Waals surface area (Å²) in [5.74, 6) is -0.986. The number of carbonyl (C=O) groups is 2. The molecular formula is C16H24N2O3. The van der Waals surface area contributed by atoms with Gasteiger partial charge >= 0.3 is 5.97 Å². The van der Waals surface area contributed by atoms with Gasteiger partial charge in [-0.15, -0.1) is 0 Å². The van der Waals surface area contributed by atoms with Crippen molar-refractivity contribution >= 4 is 11.9 Å². The molecule has 1 aromatic carbocycles. The lowest BCUT2D eigenvalue weighted by atomic mass is 10.1. The van der Waals surface area contributed by atoms with E-state index in [9.17, 15) is 9.59 Å². The number of carboxylic acids is 1. The number of rotatable bonds is 7. The van der Waals surface area contributed by atoms with Crippen molar-refractivity contribution in [2.24, 2.45) is 0 Å². The molecule has 21 heavy (non-hydrogen) atoms. The summed E-state index contributed by atoms with van der Waals surface area (Å²) in [6.07, 6.45) is 0.469. The van der Waals surface area contributed by atoms with E-state index >= 15 is 0 Å². The summed E-state index contributed by atoms with van der Waals surface area (Å²) in [6, 6.07) is 9.09. The number of hydrogen-bond acceptors (Lipinski definition) is 3. The summed E-state index contributed by atoms with van der Waals surface area (Å²) in [7, 11) is 3.41. The number of aliphatic carboxylic acids is 1.